The summed E-state index contributed by atoms with van der Waals surface area (Å²) in [7, 11) is 0. The summed E-state index contributed by atoms with van der Waals surface area (Å²) in [4.78, 5) is 0. The minimum Gasteiger partial charge on any atom is -0.316 e. The largest absolute Gasteiger partial charge is 0.316 e. The van der Waals surface area contributed by atoms with Gasteiger partial charge in [0, 0.05) is 11.8 Å². The molecule has 1 unspecified atom stereocenters. The molecule has 1 aliphatic heterocycles. The molecule has 0 aromatic heterocycles. The van der Waals surface area contributed by atoms with Crippen molar-refractivity contribution in [2.45, 2.75) is 24.5 Å². The van der Waals surface area contributed by atoms with Gasteiger partial charge in [0.2, 0.25) is 0 Å². The van der Waals surface area contributed by atoms with Gasteiger partial charge in [-0.15, -0.1) is 0 Å². The Morgan fingerprint density at radius 1 is 1.44 bits per heavy atom. The topological polar surface area (TPSA) is 12.0 Å². The molecule has 1 fully saturated rings. The Bertz CT molecular complexity index is 67.3. The lowest BCUT2D eigenvalue weighted by Gasteiger charge is -2.08. The highest BCUT2D eigenvalue weighted by Gasteiger charge is 2.08. The average molecular weight is 145 g/mol. The zero-order valence-corrected chi connectivity index (χ0v) is 6.84. The summed E-state index contributed by atoms with van der Waals surface area (Å²) >= 11 is 2.00. The molecule has 0 bridgehead atoms. The van der Waals surface area contributed by atoms with Crippen molar-refractivity contribution >= 4 is 11.8 Å². The molecule has 0 aliphatic carbocycles. The SMILES string of the molecule is CSC1CCCCNC1. The molecule has 1 heterocycles. The van der Waals surface area contributed by atoms with Crippen LogP contribution in [0, 0.1) is 0 Å². The highest BCUT2D eigenvalue weighted by atomic mass is 32.2. The lowest BCUT2D eigenvalue weighted by atomic mass is 10.2. The van der Waals surface area contributed by atoms with E-state index in [1.807, 2.05) is 11.8 Å². The van der Waals surface area contributed by atoms with Crippen LogP contribution in [0.3, 0.4) is 0 Å². The quantitative estimate of drug-likeness (QED) is 0.600. The van der Waals surface area contributed by atoms with Gasteiger partial charge in [-0.2, -0.15) is 11.8 Å². The maximum Gasteiger partial charge on any atom is 0.0169 e. The molecule has 1 atom stereocenters. The molecule has 0 saturated carbocycles. The fraction of sp³-hybridized carbons (Fsp3) is 1.00. The average Bonchev–Trinajstić information content (AvgIpc) is 2.13. The Hall–Kier alpha value is 0.310. The number of hydrogen-bond acceptors (Lipinski definition) is 2. The summed E-state index contributed by atoms with van der Waals surface area (Å²) in [6, 6.07) is 0. The van der Waals surface area contributed by atoms with E-state index in [9.17, 15) is 0 Å². The molecule has 1 N–H and O–H groups in total. The van der Waals surface area contributed by atoms with E-state index in [2.05, 4.69) is 11.6 Å². The van der Waals surface area contributed by atoms with Crippen LogP contribution in [0.2, 0.25) is 0 Å². The Balaban J connectivity index is 2.18. The van der Waals surface area contributed by atoms with Crippen LogP contribution in [0.1, 0.15) is 19.3 Å². The third-order valence-corrected chi connectivity index (χ3v) is 2.90. The van der Waals surface area contributed by atoms with Gasteiger partial charge in [-0.05, 0) is 25.6 Å². The summed E-state index contributed by atoms with van der Waals surface area (Å²) < 4.78 is 0. The number of nitrogens with one attached hydrogen (secondary N) is 1. The highest BCUT2D eigenvalue weighted by molar-refractivity contribution is 7.99. The molecule has 0 aromatic rings. The van der Waals surface area contributed by atoms with Crippen LogP contribution in [0.5, 0.6) is 0 Å². The number of thioether (sulfide) groups is 1. The third-order valence-electron chi connectivity index (χ3n) is 1.83. The second kappa shape index (κ2) is 4.18. The van der Waals surface area contributed by atoms with Crippen molar-refractivity contribution in [2.75, 3.05) is 19.3 Å². The van der Waals surface area contributed by atoms with Crippen LogP contribution in [-0.2, 0) is 0 Å². The molecule has 1 nitrogen and oxygen atoms in total. The first-order valence-corrected chi connectivity index (χ1v) is 4.96. The molecular weight excluding hydrogens is 130 g/mol. The predicted molar refractivity (Wildman–Crippen MR) is 44.0 cm³/mol. The zero-order valence-electron chi connectivity index (χ0n) is 6.02. The molecule has 0 radical (unpaired) electrons. The normalized spacial score (nSPS) is 29.7. The first-order valence-electron chi connectivity index (χ1n) is 3.67. The minimum atomic E-state index is 0.882. The summed E-state index contributed by atoms with van der Waals surface area (Å²) in [5.41, 5.74) is 0. The standard InChI is InChI=1S/C7H15NS/c1-9-7-4-2-3-5-8-6-7/h7-8H,2-6H2,1H3. The van der Waals surface area contributed by atoms with Crippen molar-refractivity contribution in [1.82, 2.24) is 5.32 Å². The zero-order chi connectivity index (χ0) is 6.53. The lowest BCUT2D eigenvalue weighted by Crippen LogP contribution is -2.21. The maximum absolute atomic E-state index is 3.43. The van der Waals surface area contributed by atoms with Gasteiger partial charge in [0.25, 0.3) is 0 Å². The molecule has 1 saturated heterocycles. The molecule has 1 rings (SSSR count). The van der Waals surface area contributed by atoms with E-state index in [0.717, 1.165) is 5.25 Å². The van der Waals surface area contributed by atoms with E-state index in [1.54, 1.807) is 0 Å². The van der Waals surface area contributed by atoms with Crippen molar-refractivity contribution in [3.05, 3.63) is 0 Å². The van der Waals surface area contributed by atoms with E-state index >= 15 is 0 Å². The van der Waals surface area contributed by atoms with Crippen LogP contribution in [-0.4, -0.2) is 24.6 Å². The van der Waals surface area contributed by atoms with Crippen molar-refractivity contribution in [3.8, 4) is 0 Å². The summed E-state index contributed by atoms with van der Waals surface area (Å²) in [5, 5.41) is 4.31. The smallest absolute Gasteiger partial charge is 0.0169 e. The van der Waals surface area contributed by atoms with Gasteiger partial charge in [-0.1, -0.05) is 6.42 Å². The van der Waals surface area contributed by atoms with Crippen molar-refractivity contribution < 1.29 is 0 Å². The van der Waals surface area contributed by atoms with E-state index in [-0.39, 0.29) is 0 Å². The van der Waals surface area contributed by atoms with Crippen LogP contribution in [0.25, 0.3) is 0 Å². The molecule has 2 heteroatoms. The van der Waals surface area contributed by atoms with Crippen LogP contribution in [0.4, 0.5) is 0 Å². The third kappa shape index (κ3) is 2.59. The fourth-order valence-corrected chi connectivity index (χ4v) is 1.88. The first kappa shape index (κ1) is 7.42. The summed E-state index contributed by atoms with van der Waals surface area (Å²) in [5.74, 6) is 0. The van der Waals surface area contributed by atoms with Crippen LogP contribution in [0.15, 0.2) is 0 Å². The van der Waals surface area contributed by atoms with Crippen LogP contribution < -0.4 is 5.32 Å². The second-order valence-corrected chi connectivity index (χ2v) is 3.70. The number of rotatable bonds is 1. The van der Waals surface area contributed by atoms with Gasteiger partial charge < -0.3 is 5.32 Å². The molecule has 54 valence electrons. The first-order chi connectivity index (χ1) is 4.43. The molecule has 0 amide bonds. The molecule has 0 aromatic carbocycles. The second-order valence-electron chi connectivity index (χ2n) is 2.56. The lowest BCUT2D eigenvalue weighted by molar-refractivity contribution is 0.706. The summed E-state index contributed by atoms with van der Waals surface area (Å²) in [6.07, 6.45) is 6.40. The van der Waals surface area contributed by atoms with Crippen LogP contribution >= 0.6 is 11.8 Å². The summed E-state index contributed by atoms with van der Waals surface area (Å²) in [6.45, 7) is 2.46. The Labute approximate surface area is 61.6 Å². The molecule has 1 aliphatic rings. The van der Waals surface area contributed by atoms with E-state index in [4.69, 9.17) is 0 Å². The van der Waals surface area contributed by atoms with Gasteiger partial charge in [0.05, 0.1) is 0 Å². The van der Waals surface area contributed by atoms with Crippen molar-refractivity contribution in [1.29, 1.82) is 0 Å². The van der Waals surface area contributed by atoms with E-state index in [1.165, 1.54) is 32.4 Å². The number of hydrogen-bond donors (Lipinski definition) is 1. The minimum absolute atomic E-state index is 0.882. The predicted octanol–water partition coefficient (Wildman–Crippen LogP) is 1.49. The van der Waals surface area contributed by atoms with Gasteiger partial charge in [0.15, 0.2) is 0 Å². The Morgan fingerprint density at radius 2 is 2.33 bits per heavy atom. The Morgan fingerprint density at radius 3 is 3.11 bits per heavy atom. The van der Waals surface area contributed by atoms with Crippen molar-refractivity contribution in [2.24, 2.45) is 0 Å². The van der Waals surface area contributed by atoms with Crippen molar-refractivity contribution in [3.63, 3.8) is 0 Å². The van der Waals surface area contributed by atoms with Gasteiger partial charge >= 0.3 is 0 Å². The van der Waals surface area contributed by atoms with Gasteiger partial charge in [-0.3, -0.25) is 0 Å². The monoisotopic (exact) mass is 145 g/mol. The fourth-order valence-electron chi connectivity index (χ4n) is 1.19. The van der Waals surface area contributed by atoms with E-state index < -0.39 is 0 Å². The Kier molecular flexibility index (Phi) is 3.44. The van der Waals surface area contributed by atoms with Gasteiger partial charge in [-0.25, -0.2) is 0 Å². The van der Waals surface area contributed by atoms with E-state index in [0.29, 0.717) is 0 Å². The van der Waals surface area contributed by atoms with Gasteiger partial charge in [0.1, 0.15) is 0 Å². The maximum atomic E-state index is 3.43. The molecule has 9 heavy (non-hydrogen) atoms. The molecular formula is C7H15NS. The molecule has 0 spiro atoms. The highest BCUT2D eigenvalue weighted by Crippen LogP contribution is 2.15.